The first-order chi connectivity index (χ1) is 9.22. The van der Waals surface area contributed by atoms with E-state index in [-0.39, 0.29) is 5.56 Å². The molecule has 1 aromatic rings. The van der Waals surface area contributed by atoms with Gasteiger partial charge in [0.1, 0.15) is 11.9 Å². The molecule has 0 spiro atoms. The predicted molar refractivity (Wildman–Crippen MR) is 71.0 cm³/mol. The molecule has 0 saturated carbocycles. The molecule has 1 aliphatic heterocycles. The molecular weight excluding hydrogens is 243 g/mol. The van der Waals surface area contributed by atoms with Crippen LogP contribution in [0.2, 0.25) is 0 Å². The van der Waals surface area contributed by atoms with E-state index in [0.29, 0.717) is 6.10 Å². The van der Waals surface area contributed by atoms with Crippen molar-refractivity contribution in [2.45, 2.75) is 32.4 Å². The molecule has 0 radical (unpaired) electrons. The largest absolute Gasteiger partial charge is 0.378 e. The molecule has 19 heavy (non-hydrogen) atoms. The zero-order chi connectivity index (χ0) is 13.7. The lowest BCUT2D eigenvalue weighted by Crippen LogP contribution is -2.36. The van der Waals surface area contributed by atoms with Crippen molar-refractivity contribution >= 4 is 0 Å². The van der Waals surface area contributed by atoms with Crippen LogP contribution in [0.25, 0.3) is 0 Å². The number of rotatable bonds is 4. The van der Waals surface area contributed by atoms with Crippen LogP contribution in [0.5, 0.6) is 0 Å². The van der Waals surface area contributed by atoms with E-state index < -0.39 is 5.82 Å². The minimum absolute atomic E-state index is 0.127. The highest BCUT2D eigenvalue weighted by Gasteiger charge is 2.19. The van der Waals surface area contributed by atoms with Gasteiger partial charge >= 0.3 is 0 Å². The Morgan fingerprint density at radius 2 is 2.16 bits per heavy atom. The number of hydrogen-bond donors (Lipinski definition) is 0. The van der Waals surface area contributed by atoms with Crippen molar-refractivity contribution in [2.75, 3.05) is 19.7 Å². The Morgan fingerprint density at radius 3 is 2.79 bits per heavy atom. The first-order valence-corrected chi connectivity index (χ1v) is 6.75. The van der Waals surface area contributed by atoms with Crippen LogP contribution in [0.15, 0.2) is 18.2 Å². The van der Waals surface area contributed by atoms with Gasteiger partial charge in [-0.3, -0.25) is 4.90 Å². The van der Waals surface area contributed by atoms with Crippen LogP contribution in [0, 0.1) is 17.1 Å². The Kier molecular flexibility index (Phi) is 4.89. The van der Waals surface area contributed by atoms with Crippen molar-refractivity contribution in [1.82, 2.24) is 4.90 Å². The highest BCUT2D eigenvalue weighted by molar-refractivity contribution is 5.34. The normalized spacial score (nSPS) is 17.3. The molecule has 0 N–H and O–H groups in total. The van der Waals surface area contributed by atoms with Crippen LogP contribution in [-0.4, -0.2) is 30.7 Å². The second-order valence-electron chi connectivity index (χ2n) is 4.86. The molecule has 1 aliphatic rings. The number of nitrogens with zero attached hydrogens (tertiary/aromatic N) is 2. The van der Waals surface area contributed by atoms with Gasteiger partial charge in [0.15, 0.2) is 0 Å². The third-order valence-corrected chi connectivity index (χ3v) is 3.49. The fourth-order valence-electron chi connectivity index (χ4n) is 2.48. The molecule has 0 atom stereocenters. The molecule has 0 aliphatic carbocycles. The fraction of sp³-hybridized carbons (Fsp3) is 0.533. The number of piperidine rings is 1. The van der Waals surface area contributed by atoms with Gasteiger partial charge in [0.25, 0.3) is 0 Å². The number of hydrogen-bond acceptors (Lipinski definition) is 3. The van der Waals surface area contributed by atoms with E-state index >= 15 is 0 Å². The summed E-state index contributed by atoms with van der Waals surface area (Å²) in [5.74, 6) is -0.443. The number of ether oxygens (including phenoxy) is 1. The van der Waals surface area contributed by atoms with E-state index in [1.165, 1.54) is 6.07 Å². The van der Waals surface area contributed by atoms with E-state index in [9.17, 15) is 4.39 Å². The average molecular weight is 262 g/mol. The van der Waals surface area contributed by atoms with Crippen LogP contribution >= 0.6 is 0 Å². The van der Waals surface area contributed by atoms with E-state index in [2.05, 4.69) is 4.90 Å². The summed E-state index contributed by atoms with van der Waals surface area (Å²) in [5.41, 5.74) is 1.12. The fourth-order valence-corrected chi connectivity index (χ4v) is 2.48. The smallest absolute Gasteiger partial charge is 0.140 e. The molecule has 1 saturated heterocycles. The predicted octanol–water partition coefficient (Wildman–Crippen LogP) is 2.70. The third kappa shape index (κ3) is 3.76. The van der Waals surface area contributed by atoms with Crippen molar-refractivity contribution in [3.8, 4) is 6.07 Å². The SMILES string of the molecule is CCOC1CCN(Cc2ccc(F)c(C#N)c2)CC1. The van der Waals surface area contributed by atoms with Gasteiger partial charge in [-0.25, -0.2) is 4.39 Å². The minimum Gasteiger partial charge on any atom is -0.378 e. The van der Waals surface area contributed by atoms with Crippen molar-refractivity contribution in [2.24, 2.45) is 0 Å². The summed E-state index contributed by atoms with van der Waals surface area (Å²) in [6.45, 7) is 5.55. The average Bonchev–Trinajstić information content (AvgIpc) is 2.43. The van der Waals surface area contributed by atoms with Gasteiger partial charge in [0.05, 0.1) is 11.7 Å². The molecule has 1 heterocycles. The molecule has 1 fully saturated rings. The number of benzene rings is 1. The molecule has 4 heteroatoms. The molecule has 0 unspecified atom stereocenters. The highest BCUT2D eigenvalue weighted by atomic mass is 19.1. The molecule has 2 rings (SSSR count). The van der Waals surface area contributed by atoms with Gasteiger partial charge in [-0.05, 0) is 37.5 Å². The van der Waals surface area contributed by atoms with Crippen molar-refractivity contribution < 1.29 is 9.13 Å². The van der Waals surface area contributed by atoms with Crippen LogP contribution in [0.4, 0.5) is 4.39 Å². The number of halogens is 1. The Morgan fingerprint density at radius 1 is 1.42 bits per heavy atom. The standard InChI is InChI=1S/C15H19FN2O/c1-2-19-14-5-7-18(8-6-14)11-12-3-4-15(16)13(9-12)10-17/h3-4,9,14H,2,5-8,11H2,1H3. The van der Waals surface area contributed by atoms with Crippen LogP contribution in [0.3, 0.4) is 0 Å². The minimum atomic E-state index is -0.443. The van der Waals surface area contributed by atoms with Crippen molar-refractivity contribution in [3.63, 3.8) is 0 Å². The van der Waals surface area contributed by atoms with Crippen molar-refractivity contribution in [1.29, 1.82) is 5.26 Å². The van der Waals surface area contributed by atoms with Gasteiger partial charge < -0.3 is 4.74 Å². The van der Waals surface area contributed by atoms with Gasteiger partial charge in [0.2, 0.25) is 0 Å². The van der Waals surface area contributed by atoms with Crippen LogP contribution < -0.4 is 0 Å². The summed E-state index contributed by atoms with van der Waals surface area (Å²) in [7, 11) is 0. The molecule has 0 aromatic heterocycles. The quantitative estimate of drug-likeness (QED) is 0.837. The molecular formula is C15H19FN2O. The lowest BCUT2D eigenvalue weighted by Gasteiger charge is -2.31. The maximum Gasteiger partial charge on any atom is 0.140 e. The second-order valence-corrected chi connectivity index (χ2v) is 4.86. The molecule has 1 aromatic carbocycles. The topological polar surface area (TPSA) is 36.3 Å². The summed E-state index contributed by atoms with van der Waals surface area (Å²) in [6.07, 6.45) is 2.46. The summed E-state index contributed by atoms with van der Waals surface area (Å²) < 4.78 is 18.8. The van der Waals surface area contributed by atoms with Crippen molar-refractivity contribution in [3.05, 3.63) is 35.1 Å². The Bertz CT molecular complexity index is 462. The molecule has 3 nitrogen and oxygen atoms in total. The number of nitriles is 1. The lowest BCUT2D eigenvalue weighted by atomic mass is 10.1. The number of likely N-dealkylation sites (tertiary alicyclic amines) is 1. The summed E-state index contributed by atoms with van der Waals surface area (Å²) in [4.78, 5) is 2.32. The van der Waals surface area contributed by atoms with E-state index in [1.807, 2.05) is 13.0 Å². The van der Waals surface area contributed by atoms with Gasteiger partial charge in [-0.15, -0.1) is 0 Å². The van der Waals surface area contributed by atoms with Crippen LogP contribution in [-0.2, 0) is 11.3 Å². The van der Waals surface area contributed by atoms with Gasteiger partial charge in [-0.1, -0.05) is 6.07 Å². The lowest BCUT2D eigenvalue weighted by molar-refractivity contribution is 0.0125. The first-order valence-electron chi connectivity index (χ1n) is 6.75. The first kappa shape index (κ1) is 14.0. The zero-order valence-electron chi connectivity index (χ0n) is 11.2. The summed E-state index contributed by atoms with van der Waals surface area (Å²) >= 11 is 0. The monoisotopic (exact) mass is 262 g/mol. The Labute approximate surface area is 113 Å². The van der Waals surface area contributed by atoms with Gasteiger partial charge in [-0.2, -0.15) is 5.26 Å². The van der Waals surface area contributed by atoms with E-state index in [4.69, 9.17) is 10.00 Å². The maximum absolute atomic E-state index is 13.2. The maximum atomic E-state index is 13.2. The van der Waals surface area contributed by atoms with Gasteiger partial charge in [0, 0.05) is 26.2 Å². The Balaban J connectivity index is 1.91. The second kappa shape index (κ2) is 6.65. The Hall–Kier alpha value is -1.44. The van der Waals surface area contributed by atoms with Crippen LogP contribution in [0.1, 0.15) is 30.9 Å². The molecule has 102 valence electrons. The van der Waals surface area contributed by atoms with E-state index in [1.54, 1.807) is 12.1 Å². The molecule has 0 amide bonds. The zero-order valence-corrected chi connectivity index (χ0v) is 11.2. The summed E-state index contributed by atoms with van der Waals surface area (Å²) in [6, 6.07) is 6.66. The van der Waals surface area contributed by atoms with E-state index in [0.717, 1.165) is 44.6 Å². The third-order valence-electron chi connectivity index (χ3n) is 3.49. The summed E-state index contributed by atoms with van der Waals surface area (Å²) in [5, 5.41) is 8.82. The molecule has 0 bridgehead atoms. The highest BCUT2D eigenvalue weighted by Crippen LogP contribution is 2.17.